The number of carbonyl (C=O) groups is 1. The minimum Gasteiger partial charge on any atom is -0.469 e. The molecular weight excluding hydrogens is 260 g/mol. The molecule has 0 radical (unpaired) electrons. The lowest BCUT2D eigenvalue weighted by Gasteiger charge is -2.65. The third-order valence-electron chi connectivity index (χ3n) is 6.27. The van der Waals surface area contributed by atoms with Crippen molar-refractivity contribution in [3.05, 3.63) is 24.2 Å². The molecule has 0 spiro atoms. The maximum Gasteiger partial charge on any atom is 0.140 e. The van der Waals surface area contributed by atoms with Crippen molar-refractivity contribution in [3.63, 3.8) is 0 Å². The first-order chi connectivity index (χ1) is 9.88. The standard InChI is InChI=1S/C19H26O2/c1-17-7-14-8-18(2,11-17)13-19(9-14,12-17)10-15(20)6-16-4-3-5-21-16/h3-5,14H,6-13H2,1-2H3. The van der Waals surface area contributed by atoms with E-state index in [4.69, 9.17) is 4.42 Å². The first kappa shape index (κ1) is 13.6. The highest BCUT2D eigenvalue weighted by Gasteiger charge is 2.60. The molecule has 2 atom stereocenters. The number of furan rings is 1. The average Bonchev–Trinajstić information content (AvgIpc) is 2.74. The second kappa shape index (κ2) is 4.24. The predicted octanol–water partition coefficient (Wildman–Crippen LogP) is 4.78. The summed E-state index contributed by atoms with van der Waals surface area (Å²) >= 11 is 0. The van der Waals surface area contributed by atoms with Crippen molar-refractivity contribution in [2.24, 2.45) is 22.2 Å². The molecule has 1 heterocycles. The van der Waals surface area contributed by atoms with Gasteiger partial charge in [0, 0.05) is 6.42 Å². The summed E-state index contributed by atoms with van der Waals surface area (Å²) in [5, 5.41) is 0. The highest BCUT2D eigenvalue weighted by Crippen LogP contribution is 2.70. The van der Waals surface area contributed by atoms with E-state index in [0.717, 1.165) is 18.1 Å². The van der Waals surface area contributed by atoms with Gasteiger partial charge in [0.15, 0.2) is 0 Å². The van der Waals surface area contributed by atoms with Gasteiger partial charge in [-0.2, -0.15) is 0 Å². The number of rotatable bonds is 4. The molecule has 1 aromatic heterocycles. The fourth-order valence-electron chi connectivity index (χ4n) is 6.97. The van der Waals surface area contributed by atoms with E-state index in [1.54, 1.807) is 6.26 Å². The Morgan fingerprint density at radius 2 is 1.90 bits per heavy atom. The molecule has 1 aromatic rings. The van der Waals surface area contributed by atoms with Crippen LogP contribution in [0, 0.1) is 22.2 Å². The van der Waals surface area contributed by atoms with E-state index in [9.17, 15) is 4.79 Å². The SMILES string of the molecule is CC12CC3CC(C)(C1)CC(CC(=O)Cc1ccco1)(C3)C2. The predicted molar refractivity (Wildman–Crippen MR) is 81.9 cm³/mol. The minimum atomic E-state index is 0.298. The lowest BCUT2D eigenvalue weighted by atomic mass is 9.39. The molecule has 2 unspecified atom stereocenters. The van der Waals surface area contributed by atoms with Gasteiger partial charge in [-0.05, 0) is 72.8 Å². The van der Waals surface area contributed by atoms with E-state index < -0.39 is 0 Å². The topological polar surface area (TPSA) is 30.2 Å². The Kier molecular flexibility index (Phi) is 2.75. The summed E-state index contributed by atoms with van der Waals surface area (Å²) < 4.78 is 5.34. The number of hydrogen-bond acceptors (Lipinski definition) is 2. The van der Waals surface area contributed by atoms with Crippen LogP contribution in [-0.4, -0.2) is 5.78 Å². The van der Waals surface area contributed by atoms with Crippen LogP contribution in [0.25, 0.3) is 0 Å². The third-order valence-corrected chi connectivity index (χ3v) is 6.27. The molecular formula is C19H26O2. The summed E-state index contributed by atoms with van der Waals surface area (Å²) in [5.74, 6) is 2.06. The van der Waals surface area contributed by atoms with Crippen molar-refractivity contribution in [2.75, 3.05) is 0 Å². The van der Waals surface area contributed by atoms with Crippen LogP contribution in [0.1, 0.15) is 64.6 Å². The molecule has 4 aliphatic rings. The first-order valence-corrected chi connectivity index (χ1v) is 8.42. The van der Waals surface area contributed by atoms with Crippen LogP contribution < -0.4 is 0 Å². The van der Waals surface area contributed by atoms with Crippen molar-refractivity contribution in [3.8, 4) is 0 Å². The molecule has 0 amide bonds. The van der Waals surface area contributed by atoms with Gasteiger partial charge >= 0.3 is 0 Å². The van der Waals surface area contributed by atoms with Gasteiger partial charge in [-0.1, -0.05) is 13.8 Å². The maximum absolute atomic E-state index is 12.5. The summed E-state index contributed by atoms with van der Waals surface area (Å²) in [4.78, 5) is 12.5. The average molecular weight is 286 g/mol. The molecule has 114 valence electrons. The Balaban J connectivity index is 1.53. The number of hydrogen-bond donors (Lipinski definition) is 0. The highest BCUT2D eigenvalue weighted by atomic mass is 16.3. The van der Waals surface area contributed by atoms with Crippen molar-refractivity contribution in [1.82, 2.24) is 0 Å². The Bertz CT molecular complexity index is 538. The largest absolute Gasteiger partial charge is 0.469 e. The molecule has 2 heteroatoms. The second-order valence-corrected chi connectivity index (χ2v) is 9.10. The van der Waals surface area contributed by atoms with Crippen molar-refractivity contribution >= 4 is 5.78 Å². The zero-order valence-electron chi connectivity index (χ0n) is 13.3. The number of carbonyl (C=O) groups excluding carboxylic acids is 1. The molecule has 4 saturated carbocycles. The zero-order chi connectivity index (χ0) is 14.7. The fourth-order valence-corrected chi connectivity index (χ4v) is 6.97. The van der Waals surface area contributed by atoms with Crippen LogP contribution in [0.15, 0.2) is 22.8 Å². The number of Topliss-reactive ketones (excluding diaryl/α,β-unsaturated/α-hetero) is 1. The van der Waals surface area contributed by atoms with E-state index in [0.29, 0.717) is 28.4 Å². The van der Waals surface area contributed by atoms with Gasteiger partial charge < -0.3 is 4.42 Å². The number of ketones is 1. The Hall–Kier alpha value is -1.05. The van der Waals surface area contributed by atoms with E-state index in [1.165, 1.54) is 38.5 Å². The summed E-state index contributed by atoms with van der Waals surface area (Å²) in [6.07, 6.45) is 10.9. The van der Waals surface area contributed by atoms with Crippen LogP contribution in [0.2, 0.25) is 0 Å². The molecule has 2 nitrogen and oxygen atoms in total. The second-order valence-electron chi connectivity index (χ2n) is 9.10. The van der Waals surface area contributed by atoms with Crippen LogP contribution in [0.4, 0.5) is 0 Å². The van der Waals surface area contributed by atoms with Gasteiger partial charge in [0.05, 0.1) is 12.7 Å². The molecule has 0 N–H and O–H groups in total. The van der Waals surface area contributed by atoms with Gasteiger partial charge in [0.1, 0.15) is 11.5 Å². The van der Waals surface area contributed by atoms with Crippen molar-refractivity contribution in [2.45, 2.75) is 65.2 Å². The fraction of sp³-hybridized carbons (Fsp3) is 0.737. The summed E-state index contributed by atoms with van der Waals surface area (Å²) in [5.41, 5.74) is 1.30. The van der Waals surface area contributed by atoms with Crippen LogP contribution in [-0.2, 0) is 11.2 Å². The van der Waals surface area contributed by atoms with E-state index in [-0.39, 0.29) is 0 Å². The third kappa shape index (κ3) is 2.37. The van der Waals surface area contributed by atoms with E-state index >= 15 is 0 Å². The molecule has 4 bridgehead atoms. The van der Waals surface area contributed by atoms with Crippen LogP contribution in [0.3, 0.4) is 0 Å². The highest BCUT2D eigenvalue weighted by molar-refractivity contribution is 5.81. The summed E-state index contributed by atoms with van der Waals surface area (Å²) in [6, 6.07) is 3.79. The van der Waals surface area contributed by atoms with E-state index in [2.05, 4.69) is 13.8 Å². The summed E-state index contributed by atoms with van der Waals surface area (Å²) in [7, 11) is 0. The van der Waals surface area contributed by atoms with Gasteiger partial charge in [-0.25, -0.2) is 0 Å². The minimum absolute atomic E-state index is 0.298. The van der Waals surface area contributed by atoms with Gasteiger partial charge in [0.2, 0.25) is 0 Å². The maximum atomic E-state index is 12.5. The molecule has 21 heavy (non-hydrogen) atoms. The van der Waals surface area contributed by atoms with Crippen molar-refractivity contribution in [1.29, 1.82) is 0 Å². The smallest absolute Gasteiger partial charge is 0.140 e. The molecule has 0 aromatic carbocycles. The normalized spacial score (nSPS) is 44.2. The van der Waals surface area contributed by atoms with Crippen molar-refractivity contribution < 1.29 is 9.21 Å². The Morgan fingerprint density at radius 1 is 1.19 bits per heavy atom. The molecule has 4 aliphatic carbocycles. The van der Waals surface area contributed by atoms with Crippen LogP contribution >= 0.6 is 0 Å². The van der Waals surface area contributed by atoms with Gasteiger partial charge in [-0.15, -0.1) is 0 Å². The Labute approximate surface area is 127 Å². The first-order valence-electron chi connectivity index (χ1n) is 8.42. The molecule has 4 fully saturated rings. The molecule has 0 aliphatic heterocycles. The molecule has 0 saturated heterocycles. The molecule has 5 rings (SSSR count). The lowest BCUT2D eigenvalue weighted by molar-refractivity contribution is -0.154. The van der Waals surface area contributed by atoms with Gasteiger partial charge in [-0.3, -0.25) is 4.79 Å². The monoisotopic (exact) mass is 286 g/mol. The lowest BCUT2D eigenvalue weighted by Crippen LogP contribution is -2.55. The van der Waals surface area contributed by atoms with Crippen LogP contribution in [0.5, 0.6) is 0 Å². The Morgan fingerprint density at radius 3 is 2.48 bits per heavy atom. The summed E-state index contributed by atoms with van der Waals surface area (Å²) in [6.45, 7) is 4.95. The van der Waals surface area contributed by atoms with E-state index in [1.807, 2.05) is 12.1 Å². The quantitative estimate of drug-likeness (QED) is 0.797. The zero-order valence-corrected chi connectivity index (χ0v) is 13.3. The van der Waals surface area contributed by atoms with Gasteiger partial charge in [0.25, 0.3) is 0 Å².